The largest absolute Gasteiger partial charge is 0.480 e. The number of benzene rings is 2. The van der Waals surface area contributed by atoms with E-state index in [1.165, 1.54) is 32.2 Å². The third-order valence-corrected chi connectivity index (χ3v) is 5.76. The molecule has 0 aliphatic carbocycles. The van der Waals surface area contributed by atoms with Gasteiger partial charge in [0.2, 0.25) is 0 Å². The molecule has 2 rings (SSSR count). The van der Waals surface area contributed by atoms with Crippen LogP contribution in [-0.2, 0) is 14.8 Å². The van der Waals surface area contributed by atoms with Crippen molar-refractivity contribution in [1.82, 2.24) is 4.90 Å². The second kappa shape index (κ2) is 7.79. The summed E-state index contributed by atoms with van der Waals surface area (Å²) in [5.41, 5.74) is 1.90. The zero-order chi connectivity index (χ0) is 20.4. The number of aryl methyl sites for hydroxylation is 2. The molecule has 0 bridgehead atoms. The Kier molecular flexibility index (Phi) is 5.90. The number of amides is 1. The fraction of sp³-hybridized carbons (Fsp3) is 0.263. The molecular formula is C19H22N2O5S. The first-order valence-corrected chi connectivity index (χ1v) is 9.72. The van der Waals surface area contributed by atoms with E-state index in [0.717, 1.165) is 10.5 Å². The van der Waals surface area contributed by atoms with Crippen molar-refractivity contribution >= 4 is 27.6 Å². The van der Waals surface area contributed by atoms with Crippen molar-refractivity contribution in [1.29, 1.82) is 0 Å². The van der Waals surface area contributed by atoms with Crippen LogP contribution in [-0.4, -0.2) is 43.4 Å². The number of nitrogens with zero attached hydrogens (tertiary/aromatic N) is 1. The normalized spacial score (nSPS) is 12.3. The minimum Gasteiger partial charge on any atom is -0.480 e. The minimum atomic E-state index is -3.91. The maximum absolute atomic E-state index is 12.7. The van der Waals surface area contributed by atoms with Crippen LogP contribution >= 0.6 is 0 Å². The lowest BCUT2D eigenvalue weighted by Crippen LogP contribution is -2.40. The highest BCUT2D eigenvalue weighted by Gasteiger charge is 2.25. The summed E-state index contributed by atoms with van der Waals surface area (Å²) in [6, 6.07) is 10.1. The summed E-state index contributed by atoms with van der Waals surface area (Å²) in [5, 5.41) is 9.09. The smallest absolute Gasteiger partial charge is 0.326 e. The molecular weight excluding hydrogens is 368 g/mol. The molecule has 2 aromatic carbocycles. The molecule has 0 aromatic heterocycles. The lowest BCUT2D eigenvalue weighted by Gasteiger charge is -2.22. The van der Waals surface area contributed by atoms with Crippen molar-refractivity contribution in [3.8, 4) is 0 Å². The van der Waals surface area contributed by atoms with Crippen LogP contribution in [0.3, 0.4) is 0 Å². The summed E-state index contributed by atoms with van der Waals surface area (Å²) in [7, 11) is -2.54. The van der Waals surface area contributed by atoms with Crippen LogP contribution in [0.2, 0.25) is 0 Å². The molecule has 0 spiro atoms. The first kappa shape index (κ1) is 20.4. The second-order valence-corrected chi connectivity index (χ2v) is 8.01. The number of anilines is 1. The molecule has 0 saturated heterocycles. The van der Waals surface area contributed by atoms with Gasteiger partial charge in [-0.15, -0.1) is 0 Å². The van der Waals surface area contributed by atoms with E-state index in [1.54, 1.807) is 38.1 Å². The quantitative estimate of drug-likeness (QED) is 0.789. The fourth-order valence-electron chi connectivity index (χ4n) is 2.42. The first-order valence-electron chi connectivity index (χ1n) is 8.23. The van der Waals surface area contributed by atoms with Gasteiger partial charge in [-0.25, -0.2) is 13.2 Å². The number of hydrogen-bond donors (Lipinski definition) is 2. The summed E-state index contributed by atoms with van der Waals surface area (Å²) in [6.07, 6.45) is 0. The zero-order valence-electron chi connectivity index (χ0n) is 15.6. The number of sulfonamides is 1. The van der Waals surface area contributed by atoms with Gasteiger partial charge in [0.1, 0.15) is 6.04 Å². The molecule has 0 aliphatic heterocycles. The molecule has 0 aliphatic rings. The Hall–Kier alpha value is -2.87. The van der Waals surface area contributed by atoms with E-state index in [0.29, 0.717) is 11.3 Å². The maximum atomic E-state index is 12.7. The van der Waals surface area contributed by atoms with E-state index >= 15 is 0 Å². The predicted molar refractivity (Wildman–Crippen MR) is 102 cm³/mol. The Morgan fingerprint density at radius 2 is 1.70 bits per heavy atom. The van der Waals surface area contributed by atoms with Gasteiger partial charge in [-0.1, -0.05) is 24.3 Å². The van der Waals surface area contributed by atoms with Crippen molar-refractivity contribution in [2.24, 2.45) is 0 Å². The monoisotopic (exact) mass is 390 g/mol. The first-order chi connectivity index (χ1) is 12.5. The van der Waals surface area contributed by atoms with Crippen molar-refractivity contribution in [3.63, 3.8) is 0 Å². The van der Waals surface area contributed by atoms with Crippen LogP contribution in [0.4, 0.5) is 5.69 Å². The third kappa shape index (κ3) is 4.46. The highest BCUT2D eigenvalue weighted by atomic mass is 32.2. The SMILES string of the molecule is Cc1ccccc1NS(=O)(=O)c1ccc(C)c(C(=O)N(C)C(C)C(=O)O)c1. The number of carbonyl (C=O) groups is 2. The fourth-order valence-corrected chi connectivity index (χ4v) is 3.58. The van der Waals surface area contributed by atoms with Gasteiger partial charge in [0.25, 0.3) is 15.9 Å². The lowest BCUT2D eigenvalue weighted by molar-refractivity contribution is -0.141. The molecule has 2 aromatic rings. The number of rotatable bonds is 6. The highest BCUT2D eigenvalue weighted by molar-refractivity contribution is 7.92. The number of carboxylic acid groups (broad SMARTS) is 1. The maximum Gasteiger partial charge on any atom is 0.326 e. The molecule has 27 heavy (non-hydrogen) atoms. The summed E-state index contributed by atoms with van der Waals surface area (Å²) < 4.78 is 28.0. The number of nitrogens with one attached hydrogen (secondary N) is 1. The van der Waals surface area contributed by atoms with Gasteiger partial charge in [-0.3, -0.25) is 9.52 Å². The van der Waals surface area contributed by atoms with E-state index < -0.39 is 27.9 Å². The Morgan fingerprint density at radius 1 is 1.07 bits per heavy atom. The molecule has 0 heterocycles. The van der Waals surface area contributed by atoms with Crippen molar-refractivity contribution in [3.05, 3.63) is 59.2 Å². The van der Waals surface area contributed by atoms with E-state index in [4.69, 9.17) is 5.11 Å². The van der Waals surface area contributed by atoms with Crippen LogP contribution in [0, 0.1) is 13.8 Å². The highest BCUT2D eigenvalue weighted by Crippen LogP contribution is 2.22. The molecule has 1 amide bonds. The number of carbonyl (C=O) groups excluding carboxylic acids is 1. The van der Waals surface area contributed by atoms with Crippen LogP contribution in [0.25, 0.3) is 0 Å². The molecule has 7 nitrogen and oxygen atoms in total. The zero-order valence-corrected chi connectivity index (χ0v) is 16.4. The van der Waals surface area contributed by atoms with Gasteiger partial charge in [0.05, 0.1) is 10.6 Å². The third-order valence-electron chi connectivity index (χ3n) is 4.40. The second-order valence-electron chi connectivity index (χ2n) is 6.33. The summed E-state index contributed by atoms with van der Waals surface area (Å²) >= 11 is 0. The molecule has 144 valence electrons. The predicted octanol–water partition coefficient (Wildman–Crippen LogP) is 2.65. The van der Waals surface area contributed by atoms with Crippen LogP contribution < -0.4 is 4.72 Å². The number of aliphatic carboxylic acids is 1. The average Bonchev–Trinajstić information content (AvgIpc) is 2.61. The van der Waals surface area contributed by atoms with E-state index in [1.807, 2.05) is 0 Å². The molecule has 2 N–H and O–H groups in total. The van der Waals surface area contributed by atoms with Gasteiger partial charge >= 0.3 is 5.97 Å². The van der Waals surface area contributed by atoms with Crippen molar-refractivity contribution < 1.29 is 23.1 Å². The molecule has 0 fully saturated rings. The topological polar surface area (TPSA) is 104 Å². The molecule has 1 atom stereocenters. The molecule has 0 saturated carbocycles. The molecule has 1 unspecified atom stereocenters. The van der Waals surface area contributed by atoms with Gasteiger partial charge in [0, 0.05) is 12.6 Å². The van der Waals surface area contributed by atoms with Crippen molar-refractivity contribution in [2.45, 2.75) is 31.7 Å². The van der Waals surface area contributed by atoms with E-state index in [2.05, 4.69) is 4.72 Å². The molecule has 0 radical (unpaired) electrons. The molecule has 8 heteroatoms. The summed E-state index contributed by atoms with van der Waals surface area (Å²) in [4.78, 5) is 24.8. The van der Waals surface area contributed by atoms with Crippen LogP contribution in [0.15, 0.2) is 47.4 Å². The lowest BCUT2D eigenvalue weighted by atomic mass is 10.1. The van der Waals surface area contributed by atoms with Gasteiger partial charge in [-0.05, 0) is 50.1 Å². The van der Waals surface area contributed by atoms with Gasteiger partial charge < -0.3 is 10.0 Å². The summed E-state index contributed by atoms with van der Waals surface area (Å²) in [5.74, 6) is -1.70. The number of para-hydroxylation sites is 1. The van der Waals surface area contributed by atoms with E-state index in [9.17, 15) is 18.0 Å². The van der Waals surface area contributed by atoms with Gasteiger partial charge in [-0.2, -0.15) is 0 Å². The average molecular weight is 390 g/mol. The number of carboxylic acids is 1. The summed E-state index contributed by atoms with van der Waals surface area (Å²) in [6.45, 7) is 4.83. The van der Waals surface area contributed by atoms with Crippen molar-refractivity contribution in [2.75, 3.05) is 11.8 Å². The Morgan fingerprint density at radius 3 is 2.30 bits per heavy atom. The number of hydrogen-bond acceptors (Lipinski definition) is 4. The minimum absolute atomic E-state index is 0.0731. The standard InChI is InChI=1S/C19H22N2O5S/c1-12-9-10-15(11-16(12)18(22)21(4)14(3)19(23)24)27(25,26)20-17-8-6-5-7-13(17)2/h5-11,14,20H,1-4H3,(H,23,24). The Balaban J connectivity index is 2.40. The Labute approximate surface area is 158 Å². The number of likely N-dealkylation sites (N-methyl/N-ethyl adjacent to an activating group) is 1. The van der Waals surface area contributed by atoms with Gasteiger partial charge in [0.15, 0.2) is 0 Å². The Bertz CT molecular complexity index is 985. The van der Waals surface area contributed by atoms with Crippen LogP contribution in [0.5, 0.6) is 0 Å². The van der Waals surface area contributed by atoms with Crippen LogP contribution in [0.1, 0.15) is 28.4 Å². The van der Waals surface area contributed by atoms with E-state index in [-0.39, 0.29) is 10.5 Å².